The Hall–Kier alpha value is 0.400. The molecule has 0 aromatic heterocycles. The molecule has 0 amide bonds. The van der Waals surface area contributed by atoms with Gasteiger partial charge in [0.05, 0.1) is 0 Å². The molecule has 0 aliphatic carbocycles. The van der Waals surface area contributed by atoms with Crippen molar-refractivity contribution >= 4 is 37.5 Å². The Morgan fingerprint density at radius 2 is 2.22 bits per heavy atom. The zero-order valence-electron chi connectivity index (χ0n) is 4.77. The average Bonchev–Trinajstić information content (AvgIpc) is 1.63. The van der Waals surface area contributed by atoms with Crippen LogP contribution in [0.3, 0.4) is 0 Å². The SMILES string of the molecule is CC(CS(=O)Cl)C(=O)Cl. The Bertz CT molecular complexity index is 137. The molecule has 0 saturated heterocycles. The molecule has 0 aromatic carbocycles. The Kier molecular flexibility index (Phi) is 4.44. The van der Waals surface area contributed by atoms with Crippen LogP contribution < -0.4 is 0 Å². The van der Waals surface area contributed by atoms with Crippen molar-refractivity contribution in [3.8, 4) is 0 Å². The predicted octanol–water partition coefficient (Wildman–Crippen LogP) is 1.29. The van der Waals surface area contributed by atoms with E-state index in [1.165, 1.54) is 0 Å². The van der Waals surface area contributed by atoms with E-state index in [2.05, 4.69) is 0 Å². The van der Waals surface area contributed by atoms with E-state index in [0.717, 1.165) is 0 Å². The molecule has 0 aliphatic heterocycles. The fourth-order valence-corrected chi connectivity index (χ4v) is 1.54. The van der Waals surface area contributed by atoms with Gasteiger partial charge in [-0.3, -0.25) is 4.79 Å². The number of halogens is 2. The van der Waals surface area contributed by atoms with Gasteiger partial charge in [0.15, 0.2) is 0 Å². The fourth-order valence-electron chi connectivity index (χ4n) is 0.262. The van der Waals surface area contributed by atoms with Crippen LogP contribution in [0.2, 0.25) is 0 Å². The molecule has 2 unspecified atom stereocenters. The van der Waals surface area contributed by atoms with E-state index in [9.17, 15) is 9.00 Å². The summed E-state index contributed by atoms with van der Waals surface area (Å²) in [6.45, 7) is 1.58. The number of hydrogen-bond donors (Lipinski definition) is 0. The molecule has 54 valence electrons. The quantitative estimate of drug-likeness (QED) is 0.627. The summed E-state index contributed by atoms with van der Waals surface area (Å²) in [4.78, 5) is 10.3. The van der Waals surface area contributed by atoms with Crippen LogP contribution >= 0.6 is 22.3 Å². The van der Waals surface area contributed by atoms with E-state index in [-0.39, 0.29) is 5.75 Å². The first-order valence-corrected chi connectivity index (χ1v) is 4.80. The van der Waals surface area contributed by atoms with Gasteiger partial charge in [-0.15, -0.1) is 0 Å². The summed E-state index contributed by atoms with van der Waals surface area (Å²) in [5.74, 6) is -0.283. The maximum absolute atomic E-state index is 10.3. The largest absolute Gasteiger partial charge is 0.281 e. The van der Waals surface area contributed by atoms with Crippen molar-refractivity contribution in [1.82, 2.24) is 0 Å². The van der Waals surface area contributed by atoms with E-state index in [4.69, 9.17) is 22.3 Å². The number of hydrogen-bond acceptors (Lipinski definition) is 2. The van der Waals surface area contributed by atoms with Crippen molar-refractivity contribution in [1.29, 1.82) is 0 Å². The van der Waals surface area contributed by atoms with E-state index in [1.807, 2.05) is 0 Å². The van der Waals surface area contributed by atoms with Gasteiger partial charge in [-0.1, -0.05) is 6.92 Å². The second-order valence-corrected chi connectivity index (χ2v) is 3.98. The molecule has 5 heteroatoms. The number of carbonyl (C=O) groups is 1. The molecule has 0 aromatic rings. The van der Waals surface area contributed by atoms with Crippen molar-refractivity contribution in [2.24, 2.45) is 5.92 Å². The third-order valence-electron chi connectivity index (χ3n) is 0.768. The molecule has 0 N–H and O–H groups in total. The molecular weight excluding hydrogens is 183 g/mol. The first-order chi connectivity index (χ1) is 4.04. The van der Waals surface area contributed by atoms with Crippen LogP contribution in [0.5, 0.6) is 0 Å². The summed E-state index contributed by atoms with van der Waals surface area (Å²) >= 11 is 5.04. The van der Waals surface area contributed by atoms with Crippen LogP contribution in [0, 0.1) is 5.92 Å². The lowest BCUT2D eigenvalue weighted by Crippen LogP contribution is -2.10. The van der Waals surface area contributed by atoms with Crippen molar-refractivity contribution in [3.05, 3.63) is 0 Å². The van der Waals surface area contributed by atoms with Crippen LogP contribution in [-0.4, -0.2) is 15.2 Å². The molecule has 0 aliphatic rings. The van der Waals surface area contributed by atoms with Crippen molar-refractivity contribution in [2.45, 2.75) is 6.92 Å². The summed E-state index contributed by atoms with van der Waals surface area (Å²) < 4.78 is 10.2. The normalized spacial score (nSPS) is 16.8. The topological polar surface area (TPSA) is 34.1 Å². The Morgan fingerprint density at radius 3 is 2.33 bits per heavy atom. The minimum Gasteiger partial charge on any atom is -0.281 e. The molecule has 0 spiro atoms. The minimum absolute atomic E-state index is 0.129. The molecule has 2 nitrogen and oxygen atoms in total. The van der Waals surface area contributed by atoms with Gasteiger partial charge < -0.3 is 0 Å². The Balaban J connectivity index is 3.63. The molecule has 0 saturated carbocycles. The molecule has 0 radical (unpaired) electrons. The number of rotatable bonds is 3. The average molecular weight is 189 g/mol. The second kappa shape index (κ2) is 4.25. The van der Waals surface area contributed by atoms with Gasteiger partial charge in [-0.25, -0.2) is 4.21 Å². The van der Waals surface area contributed by atoms with Gasteiger partial charge in [0.2, 0.25) is 5.24 Å². The standard InChI is InChI=1S/C4H6Cl2O2S/c1-3(4(5)7)2-9(6)8/h3H,2H2,1H3. The Morgan fingerprint density at radius 1 is 1.78 bits per heavy atom. The second-order valence-electron chi connectivity index (χ2n) is 1.66. The maximum atomic E-state index is 10.3. The van der Waals surface area contributed by atoms with E-state index >= 15 is 0 Å². The van der Waals surface area contributed by atoms with Crippen molar-refractivity contribution in [3.63, 3.8) is 0 Å². The van der Waals surface area contributed by atoms with Crippen molar-refractivity contribution in [2.75, 3.05) is 5.75 Å². The highest BCUT2D eigenvalue weighted by Gasteiger charge is 2.11. The zero-order chi connectivity index (χ0) is 7.44. The van der Waals surface area contributed by atoms with Crippen LogP contribution in [0.25, 0.3) is 0 Å². The Labute approximate surface area is 65.5 Å². The molecule has 0 bridgehead atoms. The monoisotopic (exact) mass is 188 g/mol. The van der Waals surface area contributed by atoms with Gasteiger partial charge in [-0.05, 0) is 22.3 Å². The van der Waals surface area contributed by atoms with Crippen LogP contribution in [0.15, 0.2) is 0 Å². The van der Waals surface area contributed by atoms with E-state index in [1.54, 1.807) is 6.92 Å². The maximum Gasteiger partial charge on any atom is 0.225 e. The number of carbonyl (C=O) groups excluding carboxylic acids is 1. The lowest BCUT2D eigenvalue weighted by atomic mass is 10.3. The van der Waals surface area contributed by atoms with Crippen LogP contribution in [0.4, 0.5) is 0 Å². The van der Waals surface area contributed by atoms with Gasteiger partial charge >= 0.3 is 0 Å². The molecule has 0 heterocycles. The van der Waals surface area contributed by atoms with Gasteiger partial charge in [0, 0.05) is 11.7 Å². The molecule has 0 rings (SSSR count). The van der Waals surface area contributed by atoms with E-state index in [0.29, 0.717) is 0 Å². The first-order valence-electron chi connectivity index (χ1n) is 2.28. The summed E-state index contributed by atoms with van der Waals surface area (Å²) in [5.41, 5.74) is 0. The molecule has 0 fully saturated rings. The van der Waals surface area contributed by atoms with Gasteiger partial charge in [0.1, 0.15) is 10.0 Å². The first kappa shape index (κ1) is 9.40. The summed E-state index contributed by atoms with van der Waals surface area (Å²) in [7, 11) is 3.63. The lowest BCUT2D eigenvalue weighted by molar-refractivity contribution is -0.114. The summed E-state index contributed by atoms with van der Waals surface area (Å²) in [6, 6.07) is 0. The fraction of sp³-hybridized carbons (Fsp3) is 0.750. The molecule has 2 atom stereocenters. The highest BCUT2D eigenvalue weighted by Crippen LogP contribution is 2.04. The molecule has 9 heavy (non-hydrogen) atoms. The van der Waals surface area contributed by atoms with Gasteiger partial charge in [-0.2, -0.15) is 0 Å². The summed E-state index contributed by atoms with van der Waals surface area (Å²) in [6.07, 6.45) is 0. The predicted molar refractivity (Wildman–Crippen MR) is 38.9 cm³/mol. The lowest BCUT2D eigenvalue weighted by Gasteiger charge is -1.98. The minimum atomic E-state index is -1.45. The molecular formula is C4H6Cl2O2S. The smallest absolute Gasteiger partial charge is 0.225 e. The highest BCUT2D eigenvalue weighted by atomic mass is 35.7. The third-order valence-corrected chi connectivity index (χ3v) is 2.28. The highest BCUT2D eigenvalue weighted by molar-refractivity contribution is 8.08. The third kappa shape index (κ3) is 4.88. The zero-order valence-corrected chi connectivity index (χ0v) is 7.09. The van der Waals surface area contributed by atoms with Crippen molar-refractivity contribution < 1.29 is 9.00 Å². The van der Waals surface area contributed by atoms with Crippen LogP contribution in [-0.2, 0) is 14.8 Å². The van der Waals surface area contributed by atoms with Crippen LogP contribution in [0.1, 0.15) is 6.92 Å². The van der Waals surface area contributed by atoms with E-state index < -0.39 is 21.2 Å². The summed E-state index contributed by atoms with van der Waals surface area (Å²) in [5, 5.41) is -0.496. The van der Waals surface area contributed by atoms with Gasteiger partial charge in [0.25, 0.3) is 0 Å².